The van der Waals surface area contributed by atoms with Gasteiger partial charge in [0.25, 0.3) is 0 Å². The minimum absolute atomic E-state index is 0.0273. The van der Waals surface area contributed by atoms with Gasteiger partial charge in [0.05, 0.1) is 5.25 Å². The minimum atomic E-state index is -0.285. The molecule has 0 radical (unpaired) electrons. The maximum atomic E-state index is 12.5. The fourth-order valence-corrected chi connectivity index (χ4v) is 3.88. The topological polar surface area (TPSA) is 59.8 Å². The van der Waals surface area contributed by atoms with Crippen molar-refractivity contribution in [2.45, 2.75) is 44.3 Å². The van der Waals surface area contributed by atoms with Gasteiger partial charge in [0, 0.05) is 23.7 Å². The van der Waals surface area contributed by atoms with Gasteiger partial charge in [0.2, 0.25) is 5.91 Å². The van der Waals surface area contributed by atoms with Crippen molar-refractivity contribution in [3.05, 3.63) is 64.7 Å². The number of hydrogen-bond donors (Lipinski definition) is 1. The standard InChI is InChI=1S/C21H23ClN4OS/c1-4-26-19(17-6-5-7-18(22)12-17)24-25-21(26)28-15(3)20(27)23-13-16-10-8-14(2)9-11-16/h5-12,15H,4,13H2,1-3H3,(H,23,27)/t15-/m0/s1. The highest BCUT2D eigenvalue weighted by Gasteiger charge is 2.20. The lowest BCUT2D eigenvalue weighted by molar-refractivity contribution is -0.120. The zero-order chi connectivity index (χ0) is 20.1. The molecule has 0 aliphatic carbocycles. The van der Waals surface area contributed by atoms with Crippen molar-refractivity contribution in [2.75, 3.05) is 0 Å². The average molecular weight is 415 g/mol. The Bertz CT molecular complexity index is 955. The first-order valence-corrected chi connectivity index (χ1v) is 10.4. The number of hydrogen-bond acceptors (Lipinski definition) is 4. The third-order valence-electron chi connectivity index (χ3n) is 4.35. The second-order valence-corrected chi connectivity index (χ2v) is 8.27. The monoisotopic (exact) mass is 414 g/mol. The third-order valence-corrected chi connectivity index (χ3v) is 5.67. The van der Waals surface area contributed by atoms with Crippen LogP contribution in [0.25, 0.3) is 11.4 Å². The van der Waals surface area contributed by atoms with Crippen molar-refractivity contribution in [1.29, 1.82) is 0 Å². The molecule has 0 saturated heterocycles. The molecule has 0 fully saturated rings. The molecule has 1 amide bonds. The summed E-state index contributed by atoms with van der Waals surface area (Å²) in [6, 6.07) is 15.7. The summed E-state index contributed by atoms with van der Waals surface area (Å²) in [5.41, 5.74) is 3.19. The maximum Gasteiger partial charge on any atom is 0.233 e. The molecule has 3 aromatic rings. The Morgan fingerprint density at radius 1 is 1.21 bits per heavy atom. The molecule has 0 spiro atoms. The van der Waals surface area contributed by atoms with E-state index in [0.717, 1.165) is 22.1 Å². The molecule has 1 atom stereocenters. The molecule has 0 aliphatic rings. The summed E-state index contributed by atoms with van der Waals surface area (Å²) in [5.74, 6) is 0.722. The van der Waals surface area contributed by atoms with Crippen LogP contribution >= 0.6 is 23.4 Å². The average Bonchev–Trinajstić information content (AvgIpc) is 3.09. The fraction of sp³-hybridized carbons (Fsp3) is 0.286. The van der Waals surface area contributed by atoms with Gasteiger partial charge in [-0.15, -0.1) is 10.2 Å². The summed E-state index contributed by atoms with van der Waals surface area (Å²) in [5, 5.41) is 12.7. The number of aryl methyl sites for hydroxylation is 1. The summed E-state index contributed by atoms with van der Waals surface area (Å²) >= 11 is 7.51. The quantitative estimate of drug-likeness (QED) is 0.568. The Balaban J connectivity index is 1.67. The normalized spacial score (nSPS) is 12.0. The number of benzene rings is 2. The molecule has 146 valence electrons. The van der Waals surface area contributed by atoms with E-state index in [2.05, 4.69) is 15.5 Å². The molecule has 2 aromatic carbocycles. The maximum absolute atomic E-state index is 12.5. The molecule has 7 heteroatoms. The molecular formula is C21H23ClN4OS. The number of halogens is 1. The highest BCUT2D eigenvalue weighted by molar-refractivity contribution is 8.00. The van der Waals surface area contributed by atoms with Gasteiger partial charge in [0.1, 0.15) is 0 Å². The lowest BCUT2D eigenvalue weighted by Gasteiger charge is -2.13. The van der Waals surface area contributed by atoms with Gasteiger partial charge >= 0.3 is 0 Å². The van der Waals surface area contributed by atoms with Crippen LogP contribution < -0.4 is 5.32 Å². The summed E-state index contributed by atoms with van der Waals surface area (Å²) in [6.07, 6.45) is 0. The highest BCUT2D eigenvalue weighted by atomic mass is 35.5. The largest absolute Gasteiger partial charge is 0.351 e. The first-order chi connectivity index (χ1) is 13.5. The second kappa shape index (κ2) is 9.26. The number of nitrogens with one attached hydrogen (secondary N) is 1. The summed E-state index contributed by atoms with van der Waals surface area (Å²) in [4.78, 5) is 12.5. The number of amides is 1. The molecule has 0 unspecified atom stereocenters. The van der Waals surface area contributed by atoms with Gasteiger partial charge in [-0.1, -0.05) is 65.3 Å². The van der Waals surface area contributed by atoms with E-state index in [9.17, 15) is 4.79 Å². The van der Waals surface area contributed by atoms with Crippen molar-refractivity contribution in [3.8, 4) is 11.4 Å². The Morgan fingerprint density at radius 3 is 2.64 bits per heavy atom. The second-order valence-electron chi connectivity index (χ2n) is 6.52. The Kier molecular flexibility index (Phi) is 6.75. The summed E-state index contributed by atoms with van der Waals surface area (Å²) in [7, 11) is 0. The summed E-state index contributed by atoms with van der Waals surface area (Å²) < 4.78 is 2.00. The van der Waals surface area contributed by atoms with E-state index in [1.54, 1.807) is 0 Å². The van der Waals surface area contributed by atoms with Crippen molar-refractivity contribution in [1.82, 2.24) is 20.1 Å². The van der Waals surface area contributed by atoms with E-state index < -0.39 is 0 Å². The molecule has 5 nitrogen and oxygen atoms in total. The van der Waals surface area contributed by atoms with Gasteiger partial charge < -0.3 is 9.88 Å². The fourth-order valence-electron chi connectivity index (χ4n) is 2.75. The molecule has 0 aliphatic heterocycles. The van der Waals surface area contributed by atoms with E-state index in [0.29, 0.717) is 18.1 Å². The van der Waals surface area contributed by atoms with Crippen molar-refractivity contribution < 1.29 is 4.79 Å². The van der Waals surface area contributed by atoms with Crippen LogP contribution in [0, 0.1) is 6.92 Å². The Labute approximate surface area is 174 Å². The zero-order valence-corrected chi connectivity index (χ0v) is 17.7. The SMILES string of the molecule is CCn1c(S[C@@H](C)C(=O)NCc2ccc(C)cc2)nnc1-c1cccc(Cl)c1. The van der Waals surface area contributed by atoms with E-state index in [4.69, 9.17) is 11.6 Å². The molecule has 1 aromatic heterocycles. The van der Waals surface area contributed by atoms with E-state index in [-0.39, 0.29) is 11.2 Å². The number of carbonyl (C=O) groups excluding carboxylic acids is 1. The minimum Gasteiger partial charge on any atom is -0.351 e. The lowest BCUT2D eigenvalue weighted by Crippen LogP contribution is -2.30. The Hall–Kier alpha value is -2.31. The Morgan fingerprint density at radius 2 is 1.96 bits per heavy atom. The van der Waals surface area contributed by atoms with Crippen molar-refractivity contribution in [2.24, 2.45) is 0 Å². The van der Waals surface area contributed by atoms with Crippen molar-refractivity contribution >= 4 is 29.3 Å². The van der Waals surface area contributed by atoms with Crippen molar-refractivity contribution in [3.63, 3.8) is 0 Å². The number of aromatic nitrogens is 3. The predicted octanol–water partition coefficient (Wildman–Crippen LogP) is 4.72. The number of thioether (sulfide) groups is 1. The number of nitrogens with zero attached hydrogens (tertiary/aromatic N) is 3. The molecule has 0 saturated carbocycles. The van der Waals surface area contributed by atoms with E-state index >= 15 is 0 Å². The summed E-state index contributed by atoms with van der Waals surface area (Å²) in [6.45, 7) is 7.17. The van der Waals surface area contributed by atoms with Crippen LogP contribution in [-0.4, -0.2) is 25.9 Å². The molecule has 0 bridgehead atoms. The molecule has 28 heavy (non-hydrogen) atoms. The van der Waals surface area contributed by atoms with Crippen LogP contribution in [0.15, 0.2) is 53.7 Å². The van der Waals surface area contributed by atoms with Crippen LogP contribution in [0.5, 0.6) is 0 Å². The smallest absolute Gasteiger partial charge is 0.233 e. The van der Waals surface area contributed by atoms with E-state index in [1.165, 1.54) is 17.3 Å². The zero-order valence-electron chi connectivity index (χ0n) is 16.1. The highest BCUT2D eigenvalue weighted by Crippen LogP contribution is 2.28. The molecule has 3 rings (SSSR count). The molecule has 1 heterocycles. The molecule has 1 N–H and O–H groups in total. The van der Waals surface area contributed by atoms with Gasteiger partial charge in [0.15, 0.2) is 11.0 Å². The van der Waals surface area contributed by atoms with Crippen LogP contribution in [0.3, 0.4) is 0 Å². The third kappa shape index (κ3) is 4.94. The predicted molar refractivity (Wildman–Crippen MR) is 114 cm³/mol. The van der Waals surface area contributed by atoms with Gasteiger partial charge in [-0.3, -0.25) is 4.79 Å². The van der Waals surface area contributed by atoms with Crippen LogP contribution in [-0.2, 0) is 17.9 Å². The van der Waals surface area contributed by atoms with Gasteiger partial charge in [-0.05, 0) is 38.5 Å². The first kappa shape index (κ1) is 20.4. The first-order valence-electron chi connectivity index (χ1n) is 9.17. The van der Waals surface area contributed by atoms with Gasteiger partial charge in [-0.2, -0.15) is 0 Å². The molecular weight excluding hydrogens is 392 g/mol. The van der Waals surface area contributed by atoms with E-state index in [1.807, 2.05) is 73.9 Å². The van der Waals surface area contributed by atoms with Crippen LogP contribution in [0.4, 0.5) is 0 Å². The number of rotatable bonds is 7. The lowest BCUT2D eigenvalue weighted by atomic mass is 10.1. The number of carbonyl (C=O) groups is 1. The van der Waals surface area contributed by atoms with Crippen LogP contribution in [0.1, 0.15) is 25.0 Å². The van der Waals surface area contributed by atoms with Gasteiger partial charge in [-0.25, -0.2) is 0 Å². The van der Waals surface area contributed by atoms with Crippen LogP contribution in [0.2, 0.25) is 5.02 Å².